The molecule has 0 aromatic heterocycles. The highest BCUT2D eigenvalue weighted by atomic mass is 16.5. The van der Waals surface area contributed by atoms with Gasteiger partial charge in [0, 0.05) is 6.61 Å². The van der Waals surface area contributed by atoms with Gasteiger partial charge >= 0.3 is 5.97 Å². The van der Waals surface area contributed by atoms with Gasteiger partial charge in [0.1, 0.15) is 5.54 Å². The van der Waals surface area contributed by atoms with Crippen LogP contribution in [0.2, 0.25) is 0 Å². The fourth-order valence-corrected chi connectivity index (χ4v) is 1.93. The van der Waals surface area contributed by atoms with E-state index < -0.39 is 5.54 Å². The molecule has 0 aliphatic carbocycles. The molecule has 0 aliphatic heterocycles. The largest absolute Gasteiger partial charge is 0.465 e. The van der Waals surface area contributed by atoms with E-state index in [1.54, 1.807) is 0 Å². The van der Waals surface area contributed by atoms with Crippen LogP contribution in [0.3, 0.4) is 0 Å². The van der Waals surface area contributed by atoms with Gasteiger partial charge in [-0.05, 0) is 53.5 Å². The molecule has 0 bridgehead atoms. The maximum absolute atomic E-state index is 12.1. The summed E-state index contributed by atoms with van der Waals surface area (Å²) >= 11 is 0. The normalized spacial score (nSPS) is 14.2. The van der Waals surface area contributed by atoms with Crippen molar-refractivity contribution >= 4 is 5.97 Å². The molecule has 21 heavy (non-hydrogen) atoms. The highest BCUT2D eigenvalue weighted by molar-refractivity contribution is 5.80. The van der Waals surface area contributed by atoms with Gasteiger partial charge in [-0.2, -0.15) is 0 Å². The number of esters is 1. The number of ether oxygens (including phenoxy) is 3. The Kier molecular flexibility index (Phi) is 11.6. The van der Waals surface area contributed by atoms with Crippen molar-refractivity contribution in [3.05, 3.63) is 0 Å². The van der Waals surface area contributed by atoms with Crippen molar-refractivity contribution in [1.29, 1.82) is 0 Å². The lowest BCUT2D eigenvalue weighted by molar-refractivity contribution is -0.151. The molecule has 0 saturated carbocycles. The van der Waals surface area contributed by atoms with Gasteiger partial charge < -0.3 is 19.5 Å². The first kappa shape index (κ1) is 20.3. The van der Waals surface area contributed by atoms with Crippen LogP contribution in [0.4, 0.5) is 0 Å². The van der Waals surface area contributed by atoms with Gasteiger partial charge in [-0.25, -0.2) is 0 Å². The van der Waals surface area contributed by atoms with Crippen LogP contribution in [0, 0.1) is 0 Å². The van der Waals surface area contributed by atoms with E-state index in [4.69, 9.17) is 14.2 Å². The lowest BCUT2D eigenvalue weighted by atomic mass is 9.95. The summed E-state index contributed by atoms with van der Waals surface area (Å²) in [5.41, 5.74) is -0.621. The number of carbonyl (C=O) groups excluding carboxylic acids is 1. The van der Waals surface area contributed by atoms with Gasteiger partial charge in [0.25, 0.3) is 0 Å². The fraction of sp³-hybridized carbons (Fsp3) is 0.938. The molecule has 126 valence electrons. The highest BCUT2D eigenvalue weighted by Gasteiger charge is 2.33. The zero-order valence-electron chi connectivity index (χ0n) is 14.4. The molecule has 0 amide bonds. The maximum atomic E-state index is 12.1. The molecule has 0 aromatic rings. The molecule has 1 N–H and O–H groups in total. The van der Waals surface area contributed by atoms with Crippen LogP contribution in [-0.2, 0) is 19.0 Å². The summed E-state index contributed by atoms with van der Waals surface area (Å²) in [6, 6.07) is 0. The summed E-state index contributed by atoms with van der Waals surface area (Å²) < 4.78 is 16.1. The van der Waals surface area contributed by atoms with Crippen molar-refractivity contribution in [3.8, 4) is 0 Å². The topological polar surface area (TPSA) is 56.8 Å². The monoisotopic (exact) mass is 303 g/mol. The first-order chi connectivity index (χ1) is 9.96. The second kappa shape index (κ2) is 12.0. The third-order valence-electron chi connectivity index (χ3n) is 3.14. The molecular weight excluding hydrogens is 270 g/mol. The van der Waals surface area contributed by atoms with E-state index in [9.17, 15) is 4.79 Å². The van der Waals surface area contributed by atoms with E-state index in [-0.39, 0.29) is 12.1 Å². The Hall–Kier alpha value is -0.650. The number of rotatable bonds is 13. The van der Waals surface area contributed by atoms with Crippen LogP contribution >= 0.6 is 0 Å². The van der Waals surface area contributed by atoms with Crippen LogP contribution < -0.4 is 5.32 Å². The van der Waals surface area contributed by atoms with Crippen molar-refractivity contribution in [1.82, 2.24) is 5.32 Å². The average Bonchev–Trinajstić information content (AvgIpc) is 2.44. The molecule has 1 unspecified atom stereocenters. The van der Waals surface area contributed by atoms with Crippen molar-refractivity contribution in [2.45, 2.75) is 65.5 Å². The lowest BCUT2D eigenvalue weighted by Crippen LogP contribution is -2.50. The smallest absolute Gasteiger partial charge is 0.326 e. The summed E-state index contributed by atoms with van der Waals surface area (Å²) in [6.07, 6.45) is 2.74. The van der Waals surface area contributed by atoms with Gasteiger partial charge in [-0.3, -0.25) is 4.79 Å². The van der Waals surface area contributed by atoms with Gasteiger partial charge in [0.05, 0.1) is 25.9 Å². The van der Waals surface area contributed by atoms with Gasteiger partial charge in [0.15, 0.2) is 0 Å². The molecular formula is C16H33NO4. The van der Waals surface area contributed by atoms with Crippen LogP contribution in [0.5, 0.6) is 0 Å². The van der Waals surface area contributed by atoms with E-state index in [1.165, 1.54) is 0 Å². The van der Waals surface area contributed by atoms with E-state index in [1.807, 2.05) is 27.7 Å². The predicted molar refractivity (Wildman–Crippen MR) is 84.5 cm³/mol. The Balaban J connectivity index is 3.98. The Labute approximate surface area is 129 Å². The number of carbonyl (C=O) groups is 1. The summed E-state index contributed by atoms with van der Waals surface area (Å²) in [6.45, 7) is 12.9. The molecule has 0 aromatic carbocycles. The lowest BCUT2D eigenvalue weighted by Gasteiger charge is -2.28. The minimum atomic E-state index is -0.621. The summed E-state index contributed by atoms with van der Waals surface area (Å²) in [4.78, 5) is 12.1. The summed E-state index contributed by atoms with van der Waals surface area (Å²) in [5.74, 6) is -0.179. The van der Waals surface area contributed by atoms with Gasteiger partial charge in [0.2, 0.25) is 0 Å². The van der Waals surface area contributed by atoms with Crippen LogP contribution in [0.25, 0.3) is 0 Å². The number of hydrogen-bond acceptors (Lipinski definition) is 5. The molecule has 1 atom stereocenters. The second-order valence-corrected chi connectivity index (χ2v) is 5.61. The molecule has 5 heteroatoms. The van der Waals surface area contributed by atoms with Gasteiger partial charge in [-0.15, -0.1) is 0 Å². The Bertz CT molecular complexity index is 271. The van der Waals surface area contributed by atoms with E-state index >= 15 is 0 Å². The van der Waals surface area contributed by atoms with E-state index in [2.05, 4.69) is 12.2 Å². The first-order valence-corrected chi connectivity index (χ1v) is 8.07. The fourth-order valence-electron chi connectivity index (χ4n) is 1.93. The minimum Gasteiger partial charge on any atom is -0.465 e. The molecule has 0 rings (SSSR count). The molecule has 0 saturated heterocycles. The maximum Gasteiger partial charge on any atom is 0.326 e. The second-order valence-electron chi connectivity index (χ2n) is 5.61. The molecule has 5 nitrogen and oxygen atoms in total. The molecule has 0 heterocycles. The quantitative estimate of drug-likeness (QED) is 0.418. The van der Waals surface area contributed by atoms with Gasteiger partial charge in [-0.1, -0.05) is 6.92 Å². The van der Waals surface area contributed by atoms with Crippen molar-refractivity contribution in [2.24, 2.45) is 0 Å². The Morgan fingerprint density at radius 3 is 2.48 bits per heavy atom. The molecule has 0 fully saturated rings. The zero-order chi connectivity index (χ0) is 16.1. The Morgan fingerprint density at radius 2 is 1.90 bits per heavy atom. The predicted octanol–water partition coefficient (Wildman–Crippen LogP) is 2.53. The molecule has 0 spiro atoms. The third kappa shape index (κ3) is 9.82. The van der Waals surface area contributed by atoms with Crippen molar-refractivity contribution in [3.63, 3.8) is 0 Å². The standard InChI is InChI=1S/C16H33NO4/c1-6-10-17-16(5,15(18)20-7-2)9-8-11-19-12-13-21-14(3)4/h14,17H,6-13H2,1-5H3. The summed E-state index contributed by atoms with van der Waals surface area (Å²) in [7, 11) is 0. The Morgan fingerprint density at radius 1 is 1.19 bits per heavy atom. The number of hydrogen-bond donors (Lipinski definition) is 1. The van der Waals surface area contributed by atoms with E-state index in [0.29, 0.717) is 32.8 Å². The molecule has 0 aliphatic rings. The summed E-state index contributed by atoms with van der Waals surface area (Å²) in [5, 5.41) is 3.29. The highest BCUT2D eigenvalue weighted by Crippen LogP contribution is 2.15. The zero-order valence-corrected chi connectivity index (χ0v) is 14.4. The van der Waals surface area contributed by atoms with Crippen LogP contribution in [0.1, 0.15) is 53.9 Å². The first-order valence-electron chi connectivity index (χ1n) is 8.07. The number of nitrogens with one attached hydrogen (secondary N) is 1. The average molecular weight is 303 g/mol. The van der Waals surface area contributed by atoms with Crippen LogP contribution in [0.15, 0.2) is 0 Å². The third-order valence-corrected chi connectivity index (χ3v) is 3.14. The minimum absolute atomic E-state index is 0.179. The van der Waals surface area contributed by atoms with E-state index in [0.717, 1.165) is 19.4 Å². The van der Waals surface area contributed by atoms with Crippen molar-refractivity contribution < 1.29 is 19.0 Å². The molecule has 0 radical (unpaired) electrons. The van der Waals surface area contributed by atoms with Crippen LogP contribution in [-0.4, -0.2) is 50.6 Å². The SMILES string of the molecule is CCCNC(C)(CCCOCCOC(C)C)C(=O)OCC. The van der Waals surface area contributed by atoms with Crippen molar-refractivity contribution in [2.75, 3.05) is 33.0 Å².